The van der Waals surface area contributed by atoms with Crippen LogP contribution in [-0.2, 0) is 9.53 Å². The summed E-state index contributed by atoms with van der Waals surface area (Å²) in [6.07, 6.45) is 7.34. The number of rotatable bonds is 4. The summed E-state index contributed by atoms with van der Waals surface area (Å²) in [5.74, 6) is 0.414. The molecule has 2 heterocycles. The van der Waals surface area contributed by atoms with Crippen LogP contribution in [0.3, 0.4) is 0 Å². The number of hydrogen-bond acceptors (Lipinski definition) is 3. The van der Waals surface area contributed by atoms with Gasteiger partial charge in [-0.1, -0.05) is 18.2 Å². The molecule has 4 nitrogen and oxygen atoms in total. The van der Waals surface area contributed by atoms with Crippen molar-refractivity contribution in [1.29, 1.82) is 0 Å². The van der Waals surface area contributed by atoms with Gasteiger partial charge in [-0.25, -0.2) is 0 Å². The average Bonchev–Trinajstić information content (AvgIpc) is 2.67. The predicted molar refractivity (Wildman–Crippen MR) is 94.1 cm³/mol. The van der Waals surface area contributed by atoms with Crippen molar-refractivity contribution in [1.82, 2.24) is 9.88 Å². The van der Waals surface area contributed by atoms with Crippen LogP contribution in [0, 0.1) is 0 Å². The van der Waals surface area contributed by atoms with Crippen LogP contribution in [-0.4, -0.2) is 29.4 Å². The Morgan fingerprint density at radius 2 is 2.00 bits per heavy atom. The number of benzene rings is 1. The van der Waals surface area contributed by atoms with E-state index in [1.54, 1.807) is 17.3 Å². The zero-order valence-electron chi connectivity index (χ0n) is 14.1. The lowest BCUT2D eigenvalue weighted by molar-refractivity contribution is -0.131. The molecule has 0 spiro atoms. The van der Waals surface area contributed by atoms with Gasteiger partial charge in [-0.3, -0.25) is 9.78 Å². The van der Waals surface area contributed by atoms with Crippen molar-refractivity contribution in [2.45, 2.75) is 25.8 Å². The molecule has 4 heteroatoms. The Kier molecular flexibility index (Phi) is 4.94. The van der Waals surface area contributed by atoms with Crippen LogP contribution >= 0.6 is 0 Å². The average molecular weight is 322 g/mol. The highest BCUT2D eigenvalue weighted by Gasteiger charge is 2.23. The summed E-state index contributed by atoms with van der Waals surface area (Å²) in [7, 11) is 1.82. The molecule has 0 bridgehead atoms. The first-order chi connectivity index (χ1) is 11.7. The molecule has 0 radical (unpaired) electrons. The lowest BCUT2D eigenvalue weighted by Gasteiger charge is -2.27. The van der Waals surface area contributed by atoms with E-state index in [-0.39, 0.29) is 11.9 Å². The minimum atomic E-state index is -0.0588. The third-order valence-corrected chi connectivity index (χ3v) is 4.43. The number of aromatic nitrogens is 1. The molecule has 0 N–H and O–H groups in total. The van der Waals surface area contributed by atoms with Crippen molar-refractivity contribution in [3.8, 4) is 11.1 Å². The summed E-state index contributed by atoms with van der Waals surface area (Å²) >= 11 is 0. The first-order valence-electron chi connectivity index (χ1n) is 8.27. The molecule has 1 aliphatic rings. The van der Waals surface area contributed by atoms with Crippen LogP contribution in [0.2, 0.25) is 0 Å². The monoisotopic (exact) mass is 322 g/mol. The van der Waals surface area contributed by atoms with Gasteiger partial charge in [0.1, 0.15) is 0 Å². The summed E-state index contributed by atoms with van der Waals surface area (Å²) < 4.78 is 5.50. The Morgan fingerprint density at radius 1 is 1.21 bits per heavy atom. The van der Waals surface area contributed by atoms with Crippen molar-refractivity contribution in [2.24, 2.45) is 0 Å². The third-order valence-electron chi connectivity index (χ3n) is 4.43. The molecule has 0 fully saturated rings. The number of carbonyl (C=O) groups excluding carboxylic acids is 1. The zero-order chi connectivity index (χ0) is 16.9. The standard InChI is InChI=1S/C20H22N2O2/c1-15(22(2)20(23)19-8-3-4-13-24-19)17-6-5-7-18(14-17)16-9-11-21-12-10-16/h5-12,14-15H,3-4,13H2,1-2H3. The SMILES string of the molecule is CC(c1cccc(-c2ccncc2)c1)N(C)C(=O)C1=CCCCO1. The molecule has 3 rings (SSSR count). The largest absolute Gasteiger partial charge is 0.488 e. The van der Waals surface area contributed by atoms with E-state index >= 15 is 0 Å². The summed E-state index contributed by atoms with van der Waals surface area (Å²) in [5, 5.41) is 0. The maximum absolute atomic E-state index is 12.6. The van der Waals surface area contributed by atoms with Crippen molar-refractivity contribution < 1.29 is 9.53 Å². The number of nitrogens with zero attached hydrogens (tertiary/aromatic N) is 2. The quantitative estimate of drug-likeness (QED) is 0.855. The number of likely N-dealkylation sites (N-methyl/N-ethyl adjacent to an activating group) is 1. The van der Waals surface area contributed by atoms with E-state index in [0.29, 0.717) is 12.4 Å². The van der Waals surface area contributed by atoms with E-state index in [1.165, 1.54) is 0 Å². The van der Waals surface area contributed by atoms with Gasteiger partial charge in [0.15, 0.2) is 5.76 Å². The van der Waals surface area contributed by atoms with Gasteiger partial charge >= 0.3 is 0 Å². The summed E-state index contributed by atoms with van der Waals surface area (Å²) in [6, 6.07) is 12.2. The van der Waals surface area contributed by atoms with Gasteiger partial charge in [-0.05, 0) is 60.7 Å². The zero-order valence-corrected chi connectivity index (χ0v) is 14.1. The third kappa shape index (κ3) is 3.48. The van der Waals surface area contributed by atoms with Crippen molar-refractivity contribution in [3.63, 3.8) is 0 Å². The molecule has 124 valence electrons. The van der Waals surface area contributed by atoms with E-state index in [9.17, 15) is 4.79 Å². The van der Waals surface area contributed by atoms with Gasteiger partial charge in [-0.15, -0.1) is 0 Å². The lowest BCUT2D eigenvalue weighted by Crippen LogP contribution is -2.32. The first-order valence-corrected chi connectivity index (χ1v) is 8.27. The molecule has 1 unspecified atom stereocenters. The van der Waals surface area contributed by atoms with Gasteiger partial charge < -0.3 is 9.64 Å². The van der Waals surface area contributed by atoms with Gasteiger partial charge in [0.05, 0.1) is 12.6 Å². The normalized spacial score (nSPS) is 15.2. The number of ether oxygens (including phenoxy) is 1. The molecule has 24 heavy (non-hydrogen) atoms. The molecule has 1 atom stereocenters. The van der Waals surface area contributed by atoms with Gasteiger partial charge in [0.2, 0.25) is 0 Å². The highest BCUT2D eigenvalue weighted by molar-refractivity contribution is 5.91. The maximum Gasteiger partial charge on any atom is 0.288 e. The molecular formula is C20H22N2O2. The number of carbonyl (C=O) groups is 1. The minimum absolute atomic E-state index is 0.0364. The van der Waals surface area contributed by atoms with Gasteiger partial charge in [0, 0.05) is 19.4 Å². The molecule has 1 amide bonds. The summed E-state index contributed by atoms with van der Waals surface area (Å²) in [5.41, 5.74) is 3.33. The predicted octanol–water partition coefficient (Wildman–Crippen LogP) is 3.96. The first kappa shape index (κ1) is 16.2. The van der Waals surface area contributed by atoms with Crippen molar-refractivity contribution in [3.05, 3.63) is 66.2 Å². The fourth-order valence-electron chi connectivity index (χ4n) is 2.80. The second-order valence-electron chi connectivity index (χ2n) is 6.01. The molecule has 0 saturated carbocycles. The molecule has 1 aliphatic heterocycles. The van der Waals surface area contributed by atoms with E-state index in [4.69, 9.17) is 4.74 Å². The minimum Gasteiger partial charge on any atom is -0.488 e. The Labute approximate surface area is 142 Å². The number of pyridine rings is 1. The van der Waals surface area contributed by atoms with Crippen LogP contribution in [0.15, 0.2) is 60.6 Å². The molecular weight excluding hydrogens is 300 g/mol. The summed E-state index contributed by atoms with van der Waals surface area (Å²) in [6.45, 7) is 2.66. The Balaban J connectivity index is 1.80. The molecule has 0 saturated heterocycles. The number of allylic oxidation sites excluding steroid dienone is 1. The fourth-order valence-corrected chi connectivity index (χ4v) is 2.80. The topological polar surface area (TPSA) is 42.4 Å². The van der Waals surface area contributed by atoms with Crippen molar-refractivity contribution >= 4 is 5.91 Å². The van der Waals surface area contributed by atoms with Gasteiger partial charge in [0.25, 0.3) is 5.91 Å². The van der Waals surface area contributed by atoms with E-state index in [2.05, 4.69) is 23.2 Å². The van der Waals surface area contributed by atoms with Crippen molar-refractivity contribution in [2.75, 3.05) is 13.7 Å². The highest BCUT2D eigenvalue weighted by atomic mass is 16.5. The lowest BCUT2D eigenvalue weighted by atomic mass is 10.00. The molecule has 0 aliphatic carbocycles. The number of hydrogen-bond donors (Lipinski definition) is 0. The fraction of sp³-hybridized carbons (Fsp3) is 0.300. The second kappa shape index (κ2) is 7.30. The van der Waals surface area contributed by atoms with Crippen LogP contribution in [0.5, 0.6) is 0 Å². The maximum atomic E-state index is 12.6. The molecule has 1 aromatic carbocycles. The van der Waals surface area contributed by atoms with E-state index in [0.717, 1.165) is 29.5 Å². The van der Waals surface area contributed by atoms with Crippen LogP contribution in [0.4, 0.5) is 0 Å². The van der Waals surface area contributed by atoms with E-state index < -0.39 is 0 Å². The van der Waals surface area contributed by atoms with Gasteiger partial charge in [-0.2, -0.15) is 0 Å². The Bertz CT molecular complexity index is 740. The Hall–Kier alpha value is -2.62. The molecule has 2 aromatic rings. The smallest absolute Gasteiger partial charge is 0.288 e. The summed E-state index contributed by atoms with van der Waals surface area (Å²) in [4.78, 5) is 18.4. The van der Waals surface area contributed by atoms with Crippen LogP contribution in [0.25, 0.3) is 11.1 Å². The highest BCUT2D eigenvalue weighted by Crippen LogP contribution is 2.26. The van der Waals surface area contributed by atoms with Crippen LogP contribution in [0.1, 0.15) is 31.4 Å². The van der Waals surface area contributed by atoms with E-state index in [1.807, 2.05) is 38.2 Å². The molecule has 1 aromatic heterocycles. The van der Waals surface area contributed by atoms with Crippen LogP contribution < -0.4 is 0 Å². The second-order valence-corrected chi connectivity index (χ2v) is 6.01. The number of amides is 1. The Morgan fingerprint density at radius 3 is 2.71 bits per heavy atom.